The lowest BCUT2D eigenvalue weighted by molar-refractivity contribution is 0.671. The van der Waals surface area contributed by atoms with E-state index in [1.54, 1.807) is 0 Å². The number of fused-ring (bicyclic) bond motifs is 11. The first-order valence-electron chi connectivity index (χ1n) is 15.5. The minimum Gasteiger partial charge on any atom is -0.454 e. The van der Waals surface area contributed by atoms with Crippen LogP contribution in [0.15, 0.2) is 156 Å². The fourth-order valence-corrected chi connectivity index (χ4v) is 7.17. The molecule has 4 heteroatoms. The molecule has 46 heavy (non-hydrogen) atoms. The Bertz CT molecular complexity index is 2790. The van der Waals surface area contributed by atoms with Crippen LogP contribution in [-0.4, -0.2) is 14.5 Å². The third-order valence-corrected chi connectivity index (χ3v) is 9.15. The standard InChI is InChI=1S/C42H25N3O/c1-3-13-26(14-4-1)39-40(27-15-5-2-6-16-27)44-34-25-28(23-24-33(34)43-39)45-35-21-11-9-19-31(35)37-29-17-7-8-18-30(29)38-32-20-10-12-22-36(32)46-42(38)41(37)45/h1-25H. The fourth-order valence-electron chi connectivity index (χ4n) is 7.17. The van der Waals surface area contributed by atoms with Crippen LogP contribution < -0.4 is 0 Å². The van der Waals surface area contributed by atoms with Gasteiger partial charge in [-0.2, -0.15) is 0 Å². The number of benzene rings is 7. The molecule has 0 N–H and O–H groups in total. The van der Waals surface area contributed by atoms with E-state index < -0.39 is 0 Å². The van der Waals surface area contributed by atoms with Gasteiger partial charge in [0.15, 0.2) is 5.58 Å². The number of hydrogen-bond donors (Lipinski definition) is 0. The Morgan fingerprint density at radius 2 is 1.02 bits per heavy atom. The second-order valence-electron chi connectivity index (χ2n) is 11.7. The van der Waals surface area contributed by atoms with Gasteiger partial charge in [0.25, 0.3) is 0 Å². The van der Waals surface area contributed by atoms with Crippen molar-refractivity contribution in [3.63, 3.8) is 0 Å². The molecule has 0 amide bonds. The average Bonchev–Trinajstić information content (AvgIpc) is 3.69. The Balaban J connectivity index is 1.33. The highest BCUT2D eigenvalue weighted by Crippen LogP contribution is 2.45. The topological polar surface area (TPSA) is 43.9 Å². The van der Waals surface area contributed by atoms with E-state index in [-0.39, 0.29) is 0 Å². The summed E-state index contributed by atoms with van der Waals surface area (Å²) in [5.74, 6) is 0. The Morgan fingerprint density at radius 1 is 0.457 bits per heavy atom. The first-order valence-corrected chi connectivity index (χ1v) is 15.5. The van der Waals surface area contributed by atoms with Crippen LogP contribution >= 0.6 is 0 Å². The number of furan rings is 1. The largest absolute Gasteiger partial charge is 0.454 e. The highest BCUT2D eigenvalue weighted by atomic mass is 16.3. The van der Waals surface area contributed by atoms with Crippen molar-refractivity contribution in [1.82, 2.24) is 14.5 Å². The Labute approximate surface area is 263 Å². The van der Waals surface area contributed by atoms with Crippen LogP contribution in [0, 0.1) is 0 Å². The minimum absolute atomic E-state index is 0.837. The maximum absolute atomic E-state index is 6.75. The molecule has 0 fully saturated rings. The smallest absolute Gasteiger partial charge is 0.160 e. The van der Waals surface area contributed by atoms with E-state index in [1.807, 2.05) is 42.5 Å². The van der Waals surface area contributed by atoms with E-state index >= 15 is 0 Å². The third-order valence-electron chi connectivity index (χ3n) is 9.15. The quantitative estimate of drug-likeness (QED) is 0.207. The van der Waals surface area contributed by atoms with Crippen LogP contribution in [0.1, 0.15) is 0 Å². The maximum atomic E-state index is 6.75. The molecule has 214 valence electrons. The van der Waals surface area contributed by atoms with E-state index in [9.17, 15) is 0 Å². The van der Waals surface area contributed by atoms with Gasteiger partial charge in [-0.15, -0.1) is 0 Å². The molecule has 0 spiro atoms. The van der Waals surface area contributed by atoms with Gasteiger partial charge in [0.05, 0.1) is 33.5 Å². The van der Waals surface area contributed by atoms with Gasteiger partial charge in [-0.05, 0) is 41.1 Å². The molecule has 10 rings (SSSR count). The number of nitrogens with zero attached hydrogens (tertiary/aromatic N) is 3. The molecule has 10 aromatic rings. The van der Waals surface area contributed by atoms with Crippen LogP contribution in [0.3, 0.4) is 0 Å². The monoisotopic (exact) mass is 587 g/mol. The molecule has 0 aliphatic heterocycles. The summed E-state index contributed by atoms with van der Waals surface area (Å²) in [7, 11) is 0. The predicted octanol–water partition coefficient (Wildman–Crippen LogP) is 11.1. The molecule has 0 saturated heterocycles. The van der Waals surface area contributed by atoms with E-state index in [4.69, 9.17) is 14.4 Å². The Morgan fingerprint density at radius 3 is 1.74 bits per heavy atom. The molecule has 0 saturated carbocycles. The average molecular weight is 588 g/mol. The fraction of sp³-hybridized carbons (Fsp3) is 0. The van der Waals surface area contributed by atoms with Crippen molar-refractivity contribution in [3.05, 3.63) is 152 Å². The van der Waals surface area contributed by atoms with Crippen LogP contribution in [0.5, 0.6) is 0 Å². The van der Waals surface area contributed by atoms with E-state index in [1.165, 1.54) is 21.5 Å². The van der Waals surface area contributed by atoms with Gasteiger partial charge in [-0.1, -0.05) is 121 Å². The summed E-state index contributed by atoms with van der Waals surface area (Å²) in [6.45, 7) is 0. The first-order chi connectivity index (χ1) is 22.8. The van der Waals surface area contributed by atoms with Gasteiger partial charge in [0, 0.05) is 38.4 Å². The lowest BCUT2D eigenvalue weighted by Gasteiger charge is -2.13. The van der Waals surface area contributed by atoms with Crippen LogP contribution in [0.4, 0.5) is 0 Å². The summed E-state index contributed by atoms with van der Waals surface area (Å²) >= 11 is 0. The Hall–Kier alpha value is -6.26. The van der Waals surface area contributed by atoms with Crippen molar-refractivity contribution in [3.8, 4) is 28.2 Å². The molecular weight excluding hydrogens is 562 g/mol. The van der Waals surface area contributed by atoms with E-state index in [2.05, 4.69) is 114 Å². The molecule has 7 aromatic carbocycles. The SMILES string of the molecule is c1ccc(-c2nc3ccc(-n4c5ccccc5c5c6ccccc6c6c7ccccc7oc6c54)cc3nc2-c2ccccc2)cc1. The van der Waals surface area contributed by atoms with Gasteiger partial charge >= 0.3 is 0 Å². The Kier molecular flexibility index (Phi) is 5.25. The summed E-state index contributed by atoms with van der Waals surface area (Å²) in [4.78, 5) is 10.5. The summed E-state index contributed by atoms with van der Waals surface area (Å²) in [6, 6.07) is 52.7. The van der Waals surface area contributed by atoms with Gasteiger partial charge in [0.1, 0.15) is 5.58 Å². The zero-order valence-corrected chi connectivity index (χ0v) is 24.7. The number of hydrogen-bond acceptors (Lipinski definition) is 3. The van der Waals surface area contributed by atoms with Gasteiger partial charge < -0.3 is 8.98 Å². The molecule has 0 atom stereocenters. The van der Waals surface area contributed by atoms with Crippen molar-refractivity contribution in [1.29, 1.82) is 0 Å². The van der Waals surface area contributed by atoms with Gasteiger partial charge in [-0.3, -0.25) is 0 Å². The molecule has 3 heterocycles. The first kappa shape index (κ1) is 25.1. The third kappa shape index (κ3) is 3.55. The van der Waals surface area contributed by atoms with Crippen LogP contribution in [-0.2, 0) is 0 Å². The highest BCUT2D eigenvalue weighted by molar-refractivity contribution is 6.35. The second kappa shape index (κ2) is 9.62. The molecule has 3 aromatic heterocycles. The number of para-hydroxylation sites is 2. The summed E-state index contributed by atoms with van der Waals surface area (Å²) < 4.78 is 9.09. The van der Waals surface area contributed by atoms with Crippen LogP contribution in [0.25, 0.3) is 93.8 Å². The normalized spacial score (nSPS) is 11.9. The maximum Gasteiger partial charge on any atom is 0.160 e. The number of rotatable bonds is 3. The van der Waals surface area contributed by atoms with Crippen molar-refractivity contribution >= 4 is 65.6 Å². The van der Waals surface area contributed by atoms with Crippen molar-refractivity contribution in [2.75, 3.05) is 0 Å². The minimum atomic E-state index is 0.837. The molecule has 0 unspecified atom stereocenters. The molecule has 0 aliphatic rings. The van der Waals surface area contributed by atoms with Crippen molar-refractivity contribution in [2.24, 2.45) is 0 Å². The molecule has 0 bridgehead atoms. The summed E-state index contributed by atoms with van der Waals surface area (Å²) in [5, 5.41) is 7.05. The van der Waals surface area contributed by atoms with E-state index in [0.717, 1.165) is 72.2 Å². The zero-order chi connectivity index (χ0) is 30.2. The lowest BCUT2D eigenvalue weighted by Crippen LogP contribution is -1.98. The zero-order valence-electron chi connectivity index (χ0n) is 24.7. The van der Waals surface area contributed by atoms with E-state index in [0.29, 0.717) is 0 Å². The molecule has 4 nitrogen and oxygen atoms in total. The second-order valence-corrected chi connectivity index (χ2v) is 11.7. The highest BCUT2D eigenvalue weighted by Gasteiger charge is 2.23. The van der Waals surface area contributed by atoms with Crippen LogP contribution in [0.2, 0.25) is 0 Å². The lowest BCUT2D eigenvalue weighted by atomic mass is 9.99. The number of aromatic nitrogens is 3. The summed E-state index contributed by atoms with van der Waals surface area (Å²) in [6.07, 6.45) is 0. The van der Waals surface area contributed by atoms with Gasteiger partial charge in [0.2, 0.25) is 0 Å². The molecule has 0 radical (unpaired) electrons. The van der Waals surface area contributed by atoms with Crippen molar-refractivity contribution < 1.29 is 4.42 Å². The summed E-state index contributed by atoms with van der Waals surface area (Å²) in [5.41, 5.74) is 10.5. The van der Waals surface area contributed by atoms with Gasteiger partial charge in [-0.25, -0.2) is 9.97 Å². The van der Waals surface area contributed by atoms with Crippen molar-refractivity contribution in [2.45, 2.75) is 0 Å². The molecular formula is C42H25N3O. The molecule has 0 aliphatic carbocycles. The predicted molar refractivity (Wildman–Crippen MR) is 190 cm³/mol.